The molecule has 2 N–H and O–H groups in total. The maximum absolute atomic E-state index is 11.9. The van der Waals surface area contributed by atoms with Gasteiger partial charge in [0.05, 0.1) is 0 Å². The molecule has 0 saturated carbocycles. The van der Waals surface area contributed by atoms with Gasteiger partial charge >= 0.3 is 0 Å². The molecule has 0 radical (unpaired) electrons. The first-order valence-electron chi connectivity index (χ1n) is 8.01. The number of ether oxygens (including phenoxy) is 1. The second-order valence-electron chi connectivity index (χ2n) is 5.85. The lowest BCUT2D eigenvalue weighted by atomic mass is 10.1. The Labute approximate surface area is 155 Å². The van der Waals surface area contributed by atoms with Gasteiger partial charge in [-0.2, -0.15) is 4.98 Å². The molecule has 3 aromatic rings. The summed E-state index contributed by atoms with van der Waals surface area (Å²) in [5.74, 6) is 0.462. The highest BCUT2D eigenvalue weighted by atomic mass is 32.1. The molecule has 1 aromatic carbocycles. The van der Waals surface area contributed by atoms with Gasteiger partial charge in [0, 0.05) is 29.0 Å². The van der Waals surface area contributed by atoms with Gasteiger partial charge in [-0.05, 0) is 44.0 Å². The van der Waals surface area contributed by atoms with Crippen LogP contribution in [0.5, 0.6) is 5.88 Å². The molecular formula is C18H19N5O2S. The molecule has 2 heterocycles. The van der Waals surface area contributed by atoms with E-state index >= 15 is 0 Å². The van der Waals surface area contributed by atoms with Crippen LogP contribution in [-0.2, 0) is 4.79 Å². The van der Waals surface area contributed by atoms with Crippen LogP contribution in [0.3, 0.4) is 0 Å². The first-order valence-corrected chi connectivity index (χ1v) is 8.89. The number of nitrogens with one attached hydrogen (secondary N) is 2. The third-order valence-electron chi connectivity index (χ3n) is 3.34. The molecule has 2 aromatic heterocycles. The van der Waals surface area contributed by atoms with Crippen molar-refractivity contribution in [3.05, 3.63) is 52.7 Å². The van der Waals surface area contributed by atoms with E-state index in [1.807, 2.05) is 32.9 Å². The summed E-state index contributed by atoms with van der Waals surface area (Å²) in [6.07, 6.45) is 1.62. The number of aromatic nitrogens is 3. The van der Waals surface area contributed by atoms with Gasteiger partial charge in [-0.25, -0.2) is 9.97 Å². The molecule has 0 fully saturated rings. The molecule has 0 aliphatic heterocycles. The van der Waals surface area contributed by atoms with Gasteiger partial charge in [0.2, 0.25) is 11.8 Å². The Kier molecular flexibility index (Phi) is 5.43. The highest BCUT2D eigenvalue weighted by molar-refractivity contribution is 7.13. The monoisotopic (exact) mass is 369 g/mol. The van der Waals surface area contributed by atoms with E-state index in [1.165, 1.54) is 11.3 Å². The van der Waals surface area contributed by atoms with Crippen molar-refractivity contribution in [1.29, 1.82) is 0 Å². The van der Waals surface area contributed by atoms with Gasteiger partial charge < -0.3 is 10.1 Å². The van der Waals surface area contributed by atoms with Crippen molar-refractivity contribution in [2.24, 2.45) is 0 Å². The van der Waals surface area contributed by atoms with Crippen molar-refractivity contribution >= 4 is 34.0 Å². The first-order chi connectivity index (χ1) is 12.5. The van der Waals surface area contributed by atoms with E-state index in [0.29, 0.717) is 17.0 Å². The molecular weight excluding hydrogens is 350 g/mol. The van der Waals surface area contributed by atoms with E-state index in [9.17, 15) is 4.79 Å². The second-order valence-corrected chi connectivity index (χ2v) is 6.74. The number of hydrogen-bond acceptors (Lipinski definition) is 7. The highest BCUT2D eigenvalue weighted by Gasteiger charge is 2.09. The summed E-state index contributed by atoms with van der Waals surface area (Å²) in [6, 6.07) is 7.81. The number of thiazole rings is 1. The van der Waals surface area contributed by atoms with Gasteiger partial charge in [0.15, 0.2) is 11.7 Å². The fourth-order valence-electron chi connectivity index (χ4n) is 2.43. The van der Waals surface area contributed by atoms with E-state index in [4.69, 9.17) is 4.74 Å². The second kappa shape index (κ2) is 7.92. The van der Waals surface area contributed by atoms with E-state index in [2.05, 4.69) is 31.7 Å². The third-order valence-corrected chi connectivity index (χ3v) is 4.03. The minimum Gasteiger partial charge on any atom is -0.467 e. The van der Waals surface area contributed by atoms with Gasteiger partial charge in [0.1, 0.15) is 0 Å². The van der Waals surface area contributed by atoms with Crippen LogP contribution in [0.2, 0.25) is 0 Å². The average Bonchev–Trinajstić information content (AvgIpc) is 3.04. The summed E-state index contributed by atoms with van der Waals surface area (Å²) in [4.78, 5) is 24.6. The van der Waals surface area contributed by atoms with E-state index < -0.39 is 0 Å². The quantitative estimate of drug-likeness (QED) is 0.690. The lowest BCUT2D eigenvalue weighted by Gasteiger charge is -2.10. The lowest BCUT2D eigenvalue weighted by molar-refractivity contribution is -0.118. The summed E-state index contributed by atoms with van der Waals surface area (Å²) in [5, 5.41) is 8.16. The number of benzene rings is 1. The Hall–Kier alpha value is -3.00. The van der Waals surface area contributed by atoms with Crippen molar-refractivity contribution in [2.75, 3.05) is 17.2 Å². The molecule has 0 spiro atoms. The predicted octanol–water partition coefficient (Wildman–Crippen LogP) is 3.62. The average molecular weight is 369 g/mol. The maximum Gasteiger partial charge on any atom is 0.264 e. The van der Waals surface area contributed by atoms with Crippen LogP contribution in [-0.4, -0.2) is 27.5 Å². The third kappa shape index (κ3) is 5.00. The zero-order valence-corrected chi connectivity index (χ0v) is 15.6. The molecule has 3 rings (SSSR count). The zero-order valence-electron chi connectivity index (χ0n) is 14.7. The van der Waals surface area contributed by atoms with Gasteiger partial charge in [-0.3, -0.25) is 10.1 Å². The van der Waals surface area contributed by atoms with E-state index in [-0.39, 0.29) is 12.5 Å². The molecule has 1 amide bonds. The Bertz CT molecular complexity index is 892. The topological polar surface area (TPSA) is 89.0 Å². The molecule has 0 aliphatic rings. The largest absolute Gasteiger partial charge is 0.467 e. The molecule has 0 aliphatic carbocycles. The van der Waals surface area contributed by atoms with Gasteiger partial charge in [-0.1, -0.05) is 6.07 Å². The summed E-state index contributed by atoms with van der Waals surface area (Å²) in [5.41, 5.74) is 3.94. The summed E-state index contributed by atoms with van der Waals surface area (Å²) >= 11 is 1.35. The first kappa shape index (κ1) is 17.8. The van der Waals surface area contributed by atoms with Crippen LogP contribution in [0, 0.1) is 20.8 Å². The number of anilines is 3. The summed E-state index contributed by atoms with van der Waals surface area (Å²) in [6.45, 7) is 5.76. The van der Waals surface area contributed by atoms with Crippen LogP contribution in [0.15, 0.2) is 35.8 Å². The Morgan fingerprint density at radius 2 is 1.88 bits per heavy atom. The van der Waals surface area contributed by atoms with Crippen LogP contribution in [0.25, 0.3) is 0 Å². The van der Waals surface area contributed by atoms with Crippen LogP contribution < -0.4 is 15.4 Å². The summed E-state index contributed by atoms with van der Waals surface area (Å²) in [7, 11) is 0. The van der Waals surface area contributed by atoms with Crippen LogP contribution in [0.1, 0.15) is 16.8 Å². The number of rotatable bonds is 6. The van der Waals surface area contributed by atoms with Crippen molar-refractivity contribution in [2.45, 2.75) is 20.8 Å². The molecule has 0 bridgehead atoms. The Balaban J connectivity index is 1.66. The molecule has 134 valence electrons. The van der Waals surface area contributed by atoms with Gasteiger partial charge in [-0.15, -0.1) is 11.3 Å². The highest BCUT2D eigenvalue weighted by Crippen LogP contribution is 2.19. The molecule has 26 heavy (non-hydrogen) atoms. The number of carbonyl (C=O) groups excluding carboxylic acids is 1. The smallest absolute Gasteiger partial charge is 0.264 e. The van der Waals surface area contributed by atoms with Crippen molar-refractivity contribution in [1.82, 2.24) is 15.0 Å². The van der Waals surface area contributed by atoms with E-state index in [1.54, 1.807) is 17.6 Å². The minimum atomic E-state index is -0.292. The Morgan fingerprint density at radius 1 is 1.12 bits per heavy atom. The normalized spacial score (nSPS) is 10.4. The van der Waals surface area contributed by atoms with Crippen molar-refractivity contribution in [3.8, 4) is 5.88 Å². The fourth-order valence-corrected chi connectivity index (χ4v) is 2.97. The van der Waals surface area contributed by atoms with Crippen molar-refractivity contribution < 1.29 is 9.53 Å². The number of hydrogen-bond donors (Lipinski definition) is 2. The lowest BCUT2D eigenvalue weighted by Crippen LogP contribution is -2.20. The molecule has 0 atom stereocenters. The maximum atomic E-state index is 11.9. The standard InChI is InChI=1S/C18H19N5O2S/c1-11-6-12(2)8-14(7-11)21-17-20-13(3)9-16(23-17)25-10-15(24)22-18-19-4-5-26-18/h4-9H,10H2,1-3H3,(H,19,22,24)(H,20,21,23). The zero-order chi connectivity index (χ0) is 18.5. The van der Waals surface area contributed by atoms with Crippen molar-refractivity contribution in [3.63, 3.8) is 0 Å². The number of nitrogens with zero attached hydrogens (tertiary/aromatic N) is 3. The number of aryl methyl sites for hydroxylation is 3. The van der Waals surface area contributed by atoms with Crippen LogP contribution in [0.4, 0.5) is 16.8 Å². The summed E-state index contributed by atoms with van der Waals surface area (Å²) < 4.78 is 5.50. The number of amides is 1. The Morgan fingerprint density at radius 3 is 2.58 bits per heavy atom. The van der Waals surface area contributed by atoms with Crippen LogP contribution >= 0.6 is 11.3 Å². The fraction of sp³-hybridized carbons (Fsp3) is 0.222. The molecule has 8 heteroatoms. The predicted molar refractivity (Wildman–Crippen MR) is 102 cm³/mol. The molecule has 0 saturated heterocycles. The van der Waals surface area contributed by atoms with Gasteiger partial charge in [0.25, 0.3) is 5.91 Å². The SMILES string of the molecule is Cc1cc(C)cc(Nc2nc(C)cc(OCC(=O)Nc3nccs3)n2)c1. The molecule has 7 nitrogen and oxygen atoms in total. The molecule has 0 unspecified atom stereocenters. The minimum absolute atomic E-state index is 0.154. The number of carbonyl (C=O) groups is 1. The van der Waals surface area contributed by atoms with E-state index in [0.717, 1.165) is 22.5 Å².